The summed E-state index contributed by atoms with van der Waals surface area (Å²) < 4.78 is 27.1. The van der Waals surface area contributed by atoms with Crippen molar-refractivity contribution in [3.05, 3.63) is 100 Å². The van der Waals surface area contributed by atoms with Gasteiger partial charge in [0.2, 0.25) is 21.8 Å². The van der Waals surface area contributed by atoms with Crippen molar-refractivity contribution in [2.45, 2.75) is 50.1 Å². The Morgan fingerprint density at radius 3 is 2.10 bits per heavy atom. The Balaban J connectivity index is 1.85. The molecule has 0 aliphatic rings. The zero-order valence-corrected chi connectivity index (χ0v) is 25.1. The van der Waals surface area contributed by atoms with Crippen LogP contribution in [0.1, 0.15) is 37.3 Å². The van der Waals surface area contributed by atoms with Crippen LogP contribution in [0.3, 0.4) is 0 Å². The molecule has 0 aliphatic heterocycles. The molecule has 1 atom stereocenters. The van der Waals surface area contributed by atoms with Gasteiger partial charge < -0.3 is 10.2 Å². The van der Waals surface area contributed by atoms with Crippen molar-refractivity contribution >= 4 is 45.0 Å². The first kappa shape index (κ1) is 31.6. The number of benzene rings is 3. The average molecular weight is 605 g/mol. The summed E-state index contributed by atoms with van der Waals surface area (Å²) in [6.45, 7) is 2.60. The topological polar surface area (TPSA) is 86.8 Å². The van der Waals surface area contributed by atoms with E-state index in [1.165, 1.54) is 28.4 Å². The lowest BCUT2D eigenvalue weighted by molar-refractivity contribution is -0.141. The monoisotopic (exact) mass is 603 g/mol. The molecule has 1 N–H and O–H groups in total. The van der Waals surface area contributed by atoms with E-state index >= 15 is 0 Å². The van der Waals surface area contributed by atoms with Crippen molar-refractivity contribution < 1.29 is 18.0 Å². The van der Waals surface area contributed by atoms with E-state index in [-0.39, 0.29) is 42.6 Å². The Morgan fingerprint density at radius 2 is 1.50 bits per heavy atom. The van der Waals surface area contributed by atoms with E-state index in [1.807, 2.05) is 37.3 Å². The van der Waals surface area contributed by atoms with Gasteiger partial charge in [0.25, 0.3) is 0 Å². The Kier molecular flexibility index (Phi) is 12.0. The summed E-state index contributed by atoms with van der Waals surface area (Å²) in [6, 6.07) is 21.9. The Hall–Kier alpha value is -2.91. The third-order valence-corrected chi connectivity index (χ3v) is 9.10. The molecule has 214 valence electrons. The first-order chi connectivity index (χ1) is 19.1. The summed E-state index contributed by atoms with van der Waals surface area (Å²) in [5, 5.41) is 3.72. The molecule has 1 unspecified atom stereocenters. The van der Waals surface area contributed by atoms with Gasteiger partial charge >= 0.3 is 0 Å². The van der Waals surface area contributed by atoms with Crippen molar-refractivity contribution in [3.8, 4) is 0 Å². The van der Waals surface area contributed by atoms with Gasteiger partial charge in [-0.05, 0) is 42.7 Å². The molecule has 0 spiro atoms. The lowest BCUT2D eigenvalue weighted by atomic mass is 10.0. The maximum absolute atomic E-state index is 13.8. The molecule has 0 bridgehead atoms. The third-order valence-electron chi connectivity index (χ3n) is 6.53. The zero-order chi connectivity index (χ0) is 29.1. The van der Waals surface area contributed by atoms with E-state index in [0.29, 0.717) is 28.6 Å². The maximum atomic E-state index is 13.8. The van der Waals surface area contributed by atoms with E-state index in [0.717, 1.165) is 12.0 Å². The molecule has 0 fully saturated rings. The molecule has 0 saturated carbocycles. The maximum Gasteiger partial charge on any atom is 0.243 e. The largest absolute Gasteiger partial charge is 0.354 e. The van der Waals surface area contributed by atoms with Crippen molar-refractivity contribution in [1.82, 2.24) is 14.5 Å². The fourth-order valence-electron chi connectivity index (χ4n) is 4.26. The van der Waals surface area contributed by atoms with E-state index in [2.05, 4.69) is 5.32 Å². The molecule has 0 aliphatic carbocycles. The van der Waals surface area contributed by atoms with E-state index in [1.54, 1.807) is 36.4 Å². The zero-order valence-electron chi connectivity index (χ0n) is 22.7. The van der Waals surface area contributed by atoms with Crippen LogP contribution in [-0.2, 0) is 32.6 Å². The molecule has 40 heavy (non-hydrogen) atoms. The predicted octanol–water partition coefficient (Wildman–Crippen LogP) is 5.56. The number of nitrogens with zero attached hydrogens (tertiary/aromatic N) is 2. The van der Waals surface area contributed by atoms with Crippen LogP contribution in [0.15, 0.2) is 83.8 Å². The first-order valence-electron chi connectivity index (χ1n) is 13.2. The van der Waals surface area contributed by atoms with Crippen LogP contribution < -0.4 is 5.32 Å². The summed E-state index contributed by atoms with van der Waals surface area (Å²) in [7, 11) is -2.20. The Labute approximate surface area is 247 Å². The second-order valence-electron chi connectivity index (χ2n) is 9.46. The lowest BCUT2D eigenvalue weighted by Gasteiger charge is -2.32. The number of halogens is 2. The van der Waals surface area contributed by atoms with Gasteiger partial charge in [-0.1, -0.05) is 84.7 Å². The van der Waals surface area contributed by atoms with Gasteiger partial charge in [0.15, 0.2) is 0 Å². The van der Waals surface area contributed by atoms with Crippen molar-refractivity contribution in [2.75, 3.05) is 20.1 Å². The molecule has 3 aromatic rings. The van der Waals surface area contributed by atoms with Crippen LogP contribution in [0, 0.1) is 0 Å². The van der Waals surface area contributed by atoms with Crippen LogP contribution in [0.5, 0.6) is 0 Å². The van der Waals surface area contributed by atoms with Crippen LogP contribution in [0.2, 0.25) is 10.0 Å². The second-order valence-corrected chi connectivity index (χ2v) is 12.3. The molecule has 2 amide bonds. The highest BCUT2D eigenvalue weighted by molar-refractivity contribution is 7.89. The minimum atomic E-state index is -3.69. The van der Waals surface area contributed by atoms with Gasteiger partial charge in [-0.25, -0.2) is 12.7 Å². The molecule has 0 heterocycles. The van der Waals surface area contributed by atoms with Crippen LogP contribution in [0.4, 0.5) is 0 Å². The summed E-state index contributed by atoms with van der Waals surface area (Å²) in [4.78, 5) is 28.9. The fourth-order valence-corrected chi connectivity index (χ4v) is 6.01. The summed E-state index contributed by atoms with van der Waals surface area (Å²) in [6.07, 6.45) is 1.34. The summed E-state index contributed by atoms with van der Waals surface area (Å²) in [5.74, 6) is -0.569. The van der Waals surface area contributed by atoms with Gasteiger partial charge in [-0.3, -0.25) is 9.59 Å². The van der Waals surface area contributed by atoms with Crippen molar-refractivity contribution in [2.24, 2.45) is 0 Å². The molecular formula is C30H35Cl2N3O4S. The van der Waals surface area contributed by atoms with E-state index in [4.69, 9.17) is 23.2 Å². The molecule has 3 rings (SSSR count). The quantitative estimate of drug-likeness (QED) is 0.261. The summed E-state index contributed by atoms with van der Waals surface area (Å²) in [5.41, 5.74) is 1.44. The SMILES string of the molecule is CCCNC(=O)C(Cc1ccccc1)N(Cc1c(Cl)cccc1Cl)C(=O)CCCN(C)S(=O)(=O)c1ccccc1. The Bertz CT molecular complexity index is 1350. The normalized spacial score (nSPS) is 12.2. The number of sulfonamides is 1. The van der Waals surface area contributed by atoms with Gasteiger partial charge in [0.1, 0.15) is 6.04 Å². The van der Waals surface area contributed by atoms with Crippen LogP contribution >= 0.6 is 23.2 Å². The number of nitrogens with one attached hydrogen (secondary N) is 1. The molecule has 10 heteroatoms. The Morgan fingerprint density at radius 1 is 0.900 bits per heavy atom. The standard InChI is InChI=1S/C30H35Cl2N3O4S/c1-3-19-33-30(37)28(21-23-12-6-4-7-13-23)35(22-25-26(31)16-10-17-27(25)32)29(36)18-11-20-34(2)40(38,39)24-14-8-5-9-15-24/h4-10,12-17,28H,3,11,18-22H2,1-2H3,(H,33,37). The van der Waals surface area contributed by atoms with E-state index < -0.39 is 16.1 Å². The molecule has 7 nitrogen and oxygen atoms in total. The molecule has 0 radical (unpaired) electrons. The highest BCUT2D eigenvalue weighted by Crippen LogP contribution is 2.28. The average Bonchev–Trinajstić information content (AvgIpc) is 2.95. The second kappa shape index (κ2) is 15.2. The van der Waals surface area contributed by atoms with Gasteiger partial charge in [0, 0.05) is 55.1 Å². The number of hydrogen-bond acceptors (Lipinski definition) is 4. The van der Waals surface area contributed by atoms with Crippen LogP contribution in [-0.4, -0.2) is 55.6 Å². The van der Waals surface area contributed by atoms with Gasteiger partial charge in [-0.15, -0.1) is 0 Å². The number of carbonyl (C=O) groups is 2. The minimum Gasteiger partial charge on any atom is -0.354 e. The number of amides is 2. The number of hydrogen-bond donors (Lipinski definition) is 1. The number of rotatable bonds is 14. The molecule has 0 saturated heterocycles. The molecule has 0 aromatic heterocycles. The predicted molar refractivity (Wildman–Crippen MR) is 160 cm³/mol. The molecule has 3 aromatic carbocycles. The van der Waals surface area contributed by atoms with Crippen molar-refractivity contribution in [1.29, 1.82) is 0 Å². The minimum absolute atomic E-state index is 0.0308. The van der Waals surface area contributed by atoms with Crippen LogP contribution in [0.25, 0.3) is 0 Å². The lowest BCUT2D eigenvalue weighted by Crippen LogP contribution is -2.50. The fraction of sp³-hybridized carbons (Fsp3) is 0.333. The van der Waals surface area contributed by atoms with Gasteiger partial charge in [0.05, 0.1) is 4.90 Å². The smallest absolute Gasteiger partial charge is 0.243 e. The highest BCUT2D eigenvalue weighted by Gasteiger charge is 2.31. The van der Waals surface area contributed by atoms with Crippen molar-refractivity contribution in [3.63, 3.8) is 0 Å². The first-order valence-corrected chi connectivity index (χ1v) is 15.4. The van der Waals surface area contributed by atoms with Gasteiger partial charge in [-0.2, -0.15) is 0 Å². The molecular weight excluding hydrogens is 569 g/mol. The summed E-state index contributed by atoms with van der Waals surface area (Å²) >= 11 is 12.9. The number of carbonyl (C=O) groups excluding carboxylic acids is 2. The highest BCUT2D eigenvalue weighted by atomic mass is 35.5. The van der Waals surface area contributed by atoms with E-state index in [9.17, 15) is 18.0 Å². The third kappa shape index (κ3) is 8.54.